The summed E-state index contributed by atoms with van der Waals surface area (Å²) in [6.45, 7) is 0. The first-order valence-electron chi connectivity index (χ1n) is 7.30. The second kappa shape index (κ2) is 7.47. The molecule has 21 heavy (non-hydrogen) atoms. The molecule has 0 aliphatic heterocycles. The van der Waals surface area contributed by atoms with Crippen molar-refractivity contribution in [2.45, 2.75) is 32.1 Å². The maximum Gasteiger partial charge on any atom is 0.325 e. The lowest BCUT2D eigenvalue weighted by Gasteiger charge is -2.17. The predicted molar refractivity (Wildman–Crippen MR) is 82.6 cm³/mol. The third-order valence-electron chi connectivity index (χ3n) is 3.67. The minimum atomic E-state index is -0.546. The third kappa shape index (κ3) is 4.63. The van der Waals surface area contributed by atoms with Crippen LogP contribution in [0.25, 0.3) is 0 Å². The van der Waals surface area contributed by atoms with Crippen LogP contribution in [-0.4, -0.2) is 11.9 Å². The van der Waals surface area contributed by atoms with Gasteiger partial charge in [-0.3, -0.25) is 10.1 Å². The molecule has 112 valence electrons. The van der Waals surface area contributed by atoms with E-state index in [1.165, 1.54) is 32.1 Å². The molecule has 0 saturated heterocycles. The van der Waals surface area contributed by atoms with Gasteiger partial charge in [-0.15, -0.1) is 0 Å². The number of anilines is 1. The number of hydrogen-bond donors (Lipinski definition) is 3. The highest BCUT2D eigenvalue weighted by Crippen LogP contribution is 2.24. The number of hydrogen-bond acceptors (Lipinski definition) is 3. The number of rotatable bonds is 3. The standard InChI is InChI=1S/C16H21N3O2/c17-14-9-5-4-8-13(14)15(20)19-16(21)18-11-10-12-6-2-1-3-7-12/h4-5,8-12H,1-3,6-7,17H2,(H2,18,19,20,21)/b11-10+. The molecule has 1 fully saturated rings. The van der Waals surface area contributed by atoms with Crippen LogP contribution in [0.15, 0.2) is 36.5 Å². The summed E-state index contributed by atoms with van der Waals surface area (Å²) in [5.41, 5.74) is 6.33. The Morgan fingerprint density at radius 1 is 1.14 bits per heavy atom. The molecule has 3 amide bonds. The van der Waals surface area contributed by atoms with Gasteiger partial charge in [0.25, 0.3) is 5.91 Å². The molecule has 0 radical (unpaired) electrons. The quantitative estimate of drug-likeness (QED) is 0.747. The Labute approximate surface area is 124 Å². The molecule has 0 aromatic heterocycles. The summed E-state index contributed by atoms with van der Waals surface area (Å²) in [5, 5.41) is 4.81. The minimum absolute atomic E-state index is 0.295. The van der Waals surface area contributed by atoms with Crippen LogP contribution in [-0.2, 0) is 0 Å². The van der Waals surface area contributed by atoms with E-state index in [-0.39, 0.29) is 0 Å². The molecule has 5 nitrogen and oxygen atoms in total. The van der Waals surface area contributed by atoms with Crippen LogP contribution in [0.1, 0.15) is 42.5 Å². The first-order valence-corrected chi connectivity index (χ1v) is 7.30. The Balaban J connectivity index is 1.80. The number of imide groups is 1. The lowest BCUT2D eigenvalue weighted by Crippen LogP contribution is -2.37. The number of para-hydroxylation sites is 1. The molecule has 1 aliphatic carbocycles. The monoisotopic (exact) mass is 287 g/mol. The third-order valence-corrected chi connectivity index (χ3v) is 3.67. The molecule has 1 saturated carbocycles. The molecule has 4 N–H and O–H groups in total. The van der Waals surface area contributed by atoms with E-state index in [0.29, 0.717) is 17.2 Å². The Hall–Kier alpha value is -2.30. The lowest BCUT2D eigenvalue weighted by atomic mass is 9.89. The largest absolute Gasteiger partial charge is 0.398 e. The fourth-order valence-corrected chi connectivity index (χ4v) is 2.50. The number of allylic oxidation sites excluding steroid dienone is 1. The van der Waals surface area contributed by atoms with Crippen molar-refractivity contribution in [2.24, 2.45) is 5.92 Å². The fourth-order valence-electron chi connectivity index (χ4n) is 2.50. The summed E-state index contributed by atoms with van der Waals surface area (Å²) < 4.78 is 0. The summed E-state index contributed by atoms with van der Waals surface area (Å²) in [6, 6.07) is 6.09. The van der Waals surface area contributed by atoms with Gasteiger partial charge in [-0.2, -0.15) is 0 Å². The minimum Gasteiger partial charge on any atom is -0.398 e. The van der Waals surface area contributed by atoms with Crippen molar-refractivity contribution < 1.29 is 9.59 Å². The number of carbonyl (C=O) groups excluding carboxylic acids is 2. The number of amides is 3. The van der Waals surface area contributed by atoms with E-state index in [1.807, 2.05) is 6.08 Å². The van der Waals surface area contributed by atoms with Crippen molar-refractivity contribution in [1.82, 2.24) is 10.6 Å². The van der Waals surface area contributed by atoms with Crippen molar-refractivity contribution in [2.75, 3.05) is 5.73 Å². The average Bonchev–Trinajstić information content (AvgIpc) is 2.48. The summed E-state index contributed by atoms with van der Waals surface area (Å²) in [7, 11) is 0. The van der Waals surface area contributed by atoms with E-state index in [0.717, 1.165) is 0 Å². The highest BCUT2D eigenvalue weighted by atomic mass is 16.2. The average molecular weight is 287 g/mol. The maximum atomic E-state index is 11.9. The summed E-state index contributed by atoms with van der Waals surface area (Å²) in [4.78, 5) is 23.5. The zero-order valence-electron chi connectivity index (χ0n) is 12.0. The van der Waals surface area contributed by atoms with Gasteiger partial charge in [-0.1, -0.05) is 37.5 Å². The molecule has 1 aromatic rings. The van der Waals surface area contributed by atoms with E-state index in [2.05, 4.69) is 10.6 Å². The number of carbonyl (C=O) groups is 2. The SMILES string of the molecule is Nc1ccccc1C(=O)NC(=O)N/C=C/C1CCCCC1. The van der Waals surface area contributed by atoms with Gasteiger partial charge in [0.05, 0.1) is 5.56 Å². The van der Waals surface area contributed by atoms with Crippen molar-refractivity contribution >= 4 is 17.6 Å². The predicted octanol–water partition coefficient (Wildman–Crippen LogP) is 2.80. The van der Waals surface area contributed by atoms with Gasteiger partial charge in [0.1, 0.15) is 0 Å². The van der Waals surface area contributed by atoms with Crippen molar-refractivity contribution in [3.8, 4) is 0 Å². The summed E-state index contributed by atoms with van der Waals surface area (Å²) in [6.07, 6.45) is 9.73. The van der Waals surface area contributed by atoms with Crippen LogP contribution in [0.3, 0.4) is 0 Å². The number of urea groups is 1. The Morgan fingerprint density at radius 3 is 2.57 bits per heavy atom. The topological polar surface area (TPSA) is 84.2 Å². The van der Waals surface area contributed by atoms with Gasteiger partial charge in [0, 0.05) is 11.9 Å². The molecule has 2 rings (SSSR count). The molecule has 1 aliphatic rings. The van der Waals surface area contributed by atoms with Crippen LogP contribution in [0.2, 0.25) is 0 Å². The van der Waals surface area contributed by atoms with E-state index in [9.17, 15) is 9.59 Å². The second-order valence-corrected chi connectivity index (χ2v) is 5.27. The molecule has 0 atom stereocenters. The van der Waals surface area contributed by atoms with Crippen LogP contribution in [0.5, 0.6) is 0 Å². The zero-order chi connectivity index (χ0) is 15.1. The highest BCUT2D eigenvalue weighted by Gasteiger charge is 2.12. The zero-order valence-corrected chi connectivity index (χ0v) is 12.0. The van der Waals surface area contributed by atoms with Gasteiger partial charge in [-0.05, 0) is 30.9 Å². The van der Waals surface area contributed by atoms with Crippen molar-refractivity contribution in [3.05, 3.63) is 42.1 Å². The smallest absolute Gasteiger partial charge is 0.325 e. The van der Waals surface area contributed by atoms with Gasteiger partial charge in [0.15, 0.2) is 0 Å². The maximum absolute atomic E-state index is 11.9. The number of nitrogen functional groups attached to an aromatic ring is 1. The van der Waals surface area contributed by atoms with Gasteiger partial charge in [0.2, 0.25) is 0 Å². The molecule has 5 heteroatoms. The van der Waals surface area contributed by atoms with Gasteiger partial charge >= 0.3 is 6.03 Å². The second-order valence-electron chi connectivity index (χ2n) is 5.27. The number of nitrogens with two attached hydrogens (primary N) is 1. The van der Waals surface area contributed by atoms with E-state index >= 15 is 0 Å². The molecule has 0 heterocycles. The molecular formula is C16H21N3O2. The van der Waals surface area contributed by atoms with Crippen molar-refractivity contribution in [1.29, 1.82) is 0 Å². The molecule has 1 aromatic carbocycles. The normalized spacial score (nSPS) is 15.8. The van der Waals surface area contributed by atoms with E-state index < -0.39 is 11.9 Å². The van der Waals surface area contributed by atoms with E-state index in [1.54, 1.807) is 30.5 Å². The van der Waals surface area contributed by atoms with E-state index in [4.69, 9.17) is 5.73 Å². The van der Waals surface area contributed by atoms with Crippen LogP contribution < -0.4 is 16.4 Å². The first-order chi connectivity index (χ1) is 10.2. The summed E-state index contributed by atoms with van der Waals surface area (Å²) in [5.74, 6) is 0.0242. The molecule has 0 bridgehead atoms. The molecular weight excluding hydrogens is 266 g/mol. The highest BCUT2D eigenvalue weighted by molar-refractivity contribution is 6.07. The van der Waals surface area contributed by atoms with Gasteiger partial charge in [-0.25, -0.2) is 4.79 Å². The number of nitrogens with one attached hydrogen (secondary N) is 2. The lowest BCUT2D eigenvalue weighted by molar-refractivity contribution is 0.0965. The Kier molecular flexibility index (Phi) is 5.37. The van der Waals surface area contributed by atoms with Crippen molar-refractivity contribution in [3.63, 3.8) is 0 Å². The number of benzene rings is 1. The fraction of sp³-hybridized carbons (Fsp3) is 0.375. The van der Waals surface area contributed by atoms with Crippen LogP contribution in [0.4, 0.5) is 10.5 Å². The van der Waals surface area contributed by atoms with Crippen LogP contribution in [0, 0.1) is 5.92 Å². The summed E-state index contributed by atoms with van der Waals surface area (Å²) >= 11 is 0. The Bertz CT molecular complexity index is 534. The first kappa shape index (κ1) is 15.1. The van der Waals surface area contributed by atoms with Gasteiger partial charge < -0.3 is 11.1 Å². The van der Waals surface area contributed by atoms with Crippen LogP contribution >= 0.6 is 0 Å². The Morgan fingerprint density at radius 2 is 1.86 bits per heavy atom. The molecule has 0 spiro atoms. The molecule has 0 unspecified atom stereocenters.